The van der Waals surface area contributed by atoms with Gasteiger partial charge in [-0.15, -0.1) is 0 Å². The van der Waals surface area contributed by atoms with Crippen LogP contribution >= 0.6 is 0 Å². The van der Waals surface area contributed by atoms with E-state index in [9.17, 15) is 18.0 Å². The summed E-state index contributed by atoms with van der Waals surface area (Å²) in [7, 11) is 0. The molecule has 132 valence electrons. The van der Waals surface area contributed by atoms with Crippen molar-refractivity contribution in [2.45, 2.75) is 12.8 Å². The van der Waals surface area contributed by atoms with E-state index in [1.165, 1.54) is 24.3 Å². The van der Waals surface area contributed by atoms with Gasteiger partial charge in [-0.25, -0.2) is 4.79 Å². The first kappa shape index (κ1) is 18.4. The standard InChI is InChI=1S/C18H17F3N2O2/c19-18(20,21)15-9-4-10-16(22)14(15)8-5-11-23-17(24)25-12-13-6-2-1-3-7-13/h1-10H,11-12,22H2,(H,23,24). The minimum absolute atomic E-state index is 0.0118. The summed E-state index contributed by atoms with van der Waals surface area (Å²) in [5, 5.41) is 2.43. The zero-order valence-corrected chi connectivity index (χ0v) is 13.2. The van der Waals surface area contributed by atoms with Crippen LogP contribution in [-0.4, -0.2) is 12.6 Å². The summed E-state index contributed by atoms with van der Waals surface area (Å²) < 4.78 is 43.8. The number of nitrogen functional groups attached to an aromatic ring is 1. The number of nitrogens with two attached hydrogens (primary N) is 1. The van der Waals surface area contributed by atoms with Crippen molar-refractivity contribution in [1.82, 2.24) is 5.32 Å². The van der Waals surface area contributed by atoms with Crippen LogP contribution in [0.5, 0.6) is 0 Å². The van der Waals surface area contributed by atoms with Crippen LogP contribution in [0.3, 0.4) is 0 Å². The van der Waals surface area contributed by atoms with Crippen LogP contribution < -0.4 is 11.1 Å². The molecule has 0 bridgehead atoms. The first-order chi connectivity index (χ1) is 11.9. The van der Waals surface area contributed by atoms with Gasteiger partial charge < -0.3 is 15.8 Å². The molecule has 0 unspecified atom stereocenters. The van der Waals surface area contributed by atoms with Gasteiger partial charge in [-0.05, 0) is 17.7 Å². The summed E-state index contributed by atoms with van der Waals surface area (Å²) in [6, 6.07) is 12.7. The van der Waals surface area contributed by atoms with E-state index in [0.717, 1.165) is 11.6 Å². The highest BCUT2D eigenvalue weighted by molar-refractivity contribution is 5.70. The number of carbonyl (C=O) groups is 1. The third kappa shape index (κ3) is 5.56. The SMILES string of the molecule is Nc1cccc(C(F)(F)F)c1C=CCNC(=O)OCc1ccccc1. The number of rotatable bonds is 5. The van der Waals surface area contributed by atoms with E-state index in [1.807, 2.05) is 30.3 Å². The highest BCUT2D eigenvalue weighted by atomic mass is 19.4. The summed E-state index contributed by atoms with van der Waals surface area (Å²) in [6.07, 6.45) is -2.55. The minimum atomic E-state index is -4.50. The molecule has 0 fully saturated rings. The fourth-order valence-corrected chi connectivity index (χ4v) is 2.11. The number of hydrogen-bond acceptors (Lipinski definition) is 3. The van der Waals surface area contributed by atoms with E-state index in [4.69, 9.17) is 10.5 Å². The molecule has 0 saturated heterocycles. The summed E-state index contributed by atoms with van der Waals surface area (Å²) in [6.45, 7) is 0.125. The first-order valence-corrected chi connectivity index (χ1v) is 7.44. The maximum Gasteiger partial charge on any atom is 0.417 e. The molecule has 0 saturated carbocycles. The molecule has 2 aromatic carbocycles. The summed E-state index contributed by atoms with van der Waals surface area (Å²) >= 11 is 0. The van der Waals surface area contributed by atoms with E-state index in [2.05, 4.69) is 5.32 Å². The minimum Gasteiger partial charge on any atom is -0.445 e. The highest BCUT2D eigenvalue weighted by Crippen LogP contribution is 2.34. The molecule has 2 aromatic rings. The number of alkyl halides is 3. The Morgan fingerprint density at radius 1 is 1.12 bits per heavy atom. The number of alkyl carbamates (subject to hydrolysis) is 1. The molecule has 0 aliphatic rings. The van der Waals surface area contributed by atoms with Crippen molar-refractivity contribution in [3.05, 3.63) is 71.3 Å². The lowest BCUT2D eigenvalue weighted by molar-refractivity contribution is -0.137. The lowest BCUT2D eigenvalue weighted by Gasteiger charge is -2.12. The molecule has 25 heavy (non-hydrogen) atoms. The largest absolute Gasteiger partial charge is 0.445 e. The van der Waals surface area contributed by atoms with E-state index < -0.39 is 17.8 Å². The van der Waals surface area contributed by atoms with Crippen LogP contribution in [0.25, 0.3) is 6.08 Å². The number of hydrogen-bond donors (Lipinski definition) is 2. The molecule has 0 atom stereocenters. The topological polar surface area (TPSA) is 64.3 Å². The van der Waals surface area contributed by atoms with Gasteiger partial charge in [0.2, 0.25) is 0 Å². The van der Waals surface area contributed by atoms with Gasteiger partial charge in [0.05, 0.1) is 5.56 Å². The lowest BCUT2D eigenvalue weighted by Crippen LogP contribution is -2.24. The smallest absolute Gasteiger partial charge is 0.417 e. The van der Waals surface area contributed by atoms with Crippen LogP contribution in [0.4, 0.5) is 23.7 Å². The normalized spacial score (nSPS) is 11.5. The van der Waals surface area contributed by atoms with Gasteiger partial charge in [0.1, 0.15) is 6.61 Å². The molecule has 3 N–H and O–H groups in total. The number of anilines is 1. The molecule has 2 rings (SSSR count). The van der Waals surface area contributed by atoms with Crippen molar-refractivity contribution in [3.63, 3.8) is 0 Å². The number of benzene rings is 2. The molecule has 0 spiro atoms. The van der Waals surface area contributed by atoms with Gasteiger partial charge in [-0.1, -0.05) is 48.6 Å². The predicted octanol–water partition coefficient (Wildman–Crippen LogP) is 4.23. The zero-order valence-electron chi connectivity index (χ0n) is 13.2. The van der Waals surface area contributed by atoms with Crippen LogP contribution in [0.15, 0.2) is 54.6 Å². The molecule has 1 amide bonds. The summed E-state index contributed by atoms with van der Waals surface area (Å²) in [5.74, 6) is 0. The Labute approximate surface area is 143 Å². The maximum atomic E-state index is 12.9. The Kier molecular flexibility index (Phi) is 6.05. The van der Waals surface area contributed by atoms with Crippen LogP contribution in [0, 0.1) is 0 Å². The fraction of sp³-hybridized carbons (Fsp3) is 0.167. The summed E-state index contributed by atoms with van der Waals surface area (Å²) in [5.41, 5.74) is 5.50. The van der Waals surface area contributed by atoms with Gasteiger partial charge >= 0.3 is 12.3 Å². The average molecular weight is 350 g/mol. The molecule has 0 heterocycles. The van der Waals surface area contributed by atoms with Crippen molar-refractivity contribution in [1.29, 1.82) is 0 Å². The van der Waals surface area contributed by atoms with E-state index in [0.29, 0.717) is 0 Å². The van der Waals surface area contributed by atoms with Gasteiger partial charge in [0.25, 0.3) is 0 Å². The monoisotopic (exact) mass is 350 g/mol. The van der Waals surface area contributed by atoms with Crippen molar-refractivity contribution in [2.24, 2.45) is 0 Å². The molecular weight excluding hydrogens is 333 g/mol. The van der Waals surface area contributed by atoms with Crippen molar-refractivity contribution in [3.8, 4) is 0 Å². The molecule has 0 radical (unpaired) electrons. The van der Waals surface area contributed by atoms with E-state index in [1.54, 1.807) is 0 Å². The Hall–Kier alpha value is -2.96. The Morgan fingerprint density at radius 2 is 1.84 bits per heavy atom. The lowest BCUT2D eigenvalue weighted by atomic mass is 10.0. The van der Waals surface area contributed by atoms with Crippen LogP contribution in [-0.2, 0) is 17.5 Å². The van der Waals surface area contributed by atoms with E-state index in [-0.39, 0.29) is 24.4 Å². The molecular formula is C18H17F3N2O2. The number of amides is 1. The molecule has 0 aliphatic heterocycles. The molecule has 7 heteroatoms. The first-order valence-electron chi connectivity index (χ1n) is 7.44. The zero-order chi connectivity index (χ0) is 18.3. The summed E-state index contributed by atoms with van der Waals surface area (Å²) in [4.78, 5) is 11.5. The Morgan fingerprint density at radius 3 is 2.52 bits per heavy atom. The number of carbonyl (C=O) groups excluding carboxylic acids is 1. The highest BCUT2D eigenvalue weighted by Gasteiger charge is 2.33. The van der Waals surface area contributed by atoms with Crippen LogP contribution in [0.1, 0.15) is 16.7 Å². The van der Waals surface area contributed by atoms with Crippen LogP contribution in [0.2, 0.25) is 0 Å². The van der Waals surface area contributed by atoms with Gasteiger partial charge in [0.15, 0.2) is 0 Å². The number of ether oxygens (including phenoxy) is 1. The molecule has 4 nitrogen and oxygen atoms in total. The molecule has 0 aromatic heterocycles. The fourth-order valence-electron chi connectivity index (χ4n) is 2.11. The van der Waals surface area contributed by atoms with Gasteiger partial charge in [-0.2, -0.15) is 13.2 Å². The second kappa shape index (κ2) is 8.23. The Bertz CT molecular complexity index is 744. The van der Waals surface area contributed by atoms with Crippen molar-refractivity contribution in [2.75, 3.05) is 12.3 Å². The second-order valence-corrected chi connectivity index (χ2v) is 5.15. The third-order valence-electron chi connectivity index (χ3n) is 3.31. The van der Waals surface area contributed by atoms with E-state index >= 15 is 0 Å². The van der Waals surface area contributed by atoms with Crippen molar-refractivity contribution >= 4 is 17.9 Å². The van der Waals surface area contributed by atoms with Crippen molar-refractivity contribution < 1.29 is 22.7 Å². The molecule has 0 aliphatic carbocycles. The number of nitrogens with one attached hydrogen (secondary N) is 1. The third-order valence-corrected chi connectivity index (χ3v) is 3.31. The quantitative estimate of drug-likeness (QED) is 0.793. The van der Waals surface area contributed by atoms with Gasteiger partial charge in [0, 0.05) is 17.8 Å². The predicted molar refractivity (Wildman–Crippen MR) is 89.5 cm³/mol. The number of halogens is 3. The Balaban J connectivity index is 1.88. The average Bonchev–Trinajstić information content (AvgIpc) is 2.58. The second-order valence-electron chi connectivity index (χ2n) is 5.15. The van der Waals surface area contributed by atoms with Gasteiger partial charge in [-0.3, -0.25) is 0 Å². The maximum absolute atomic E-state index is 12.9.